The van der Waals surface area contributed by atoms with Crippen LogP contribution in [0.5, 0.6) is 0 Å². The fraction of sp³-hybridized carbons (Fsp3) is 1.00. The van der Waals surface area contributed by atoms with Crippen molar-refractivity contribution < 1.29 is 0 Å². The molecule has 1 N–H and O–H groups in total. The molecule has 0 aromatic heterocycles. The number of hydrogen-bond acceptors (Lipinski definition) is 2. The number of piperidine rings is 3. The van der Waals surface area contributed by atoms with Gasteiger partial charge in [-0.1, -0.05) is 6.92 Å². The molecule has 0 radical (unpaired) electrons. The van der Waals surface area contributed by atoms with Crippen molar-refractivity contribution in [3.8, 4) is 0 Å². The van der Waals surface area contributed by atoms with E-state index in [1.54, 1.807) is 0 Å². The predicted molar refractivity (Wildman–Crippen MR) is 58.3 cm³/mol. The van der Waals surface area contributed by atoms with E-state index in [1.807, 2.05) is 0 Å². The van der Waals surface area contributed by atoms with Gasteiger partial charge in [0.25, 0.3) is 0 Å². The molecular formula is C12H22N2. The smallest absolute Gasteiger partial charge is 0.0366 e. The van der Waals surface area contributed by atoms with E-state index in [0.29, 0.717) is 5.54 Å². The van der Waals surface area contributed by atoms with Crippen molar-refractivity contribution in [2.45, 2.75) is 50.6 Å². The van der Waals surface area contributed by atoms with Gasteiger partial charge in [0.15, 0.2) is 0 Å². The van der Waals surface area contributed by atoms with Crippen molar-refractivity contribution in [1.82, 2.24) is 10.2 Å². The molecule has 3 saturated heterocycles. The molecular weight excluding hydrogens is 172 g/mol. The van der Waals surface area contributed by atoms with Gasteiger partial charge >= 0.3 is 0 Å². The lowest BCUT2D eigenvalue weighted by Gasteiger charge is -2.52. The van der Waals surface area contributed by atoms with Crippen molar-refractivity contribution in [2.75, 3.05) is 19.6 Å². The van der Waals surface area contributed by atoms with Gasteiger partial charge in [0.05, 0.1) is 0 Å². The van der Waals surface area contributed by atoms with Crippen molar-refractivity contribution >= 4 is 0 Å². The maximum absolute atomic E-state index is 3.81. The van der Waals surface area contributed by atoms with E-state index in [-0.39, 0.29) is 0 Å². The highest BCUT2D eigenvalue weighted by Gasteiger charge is 2.59. The van der Waals surface area contributed by atoms with Crippen LogP contribution in [0.25, 0.3) is 0 Å². The van der Waals surface area contributed by atoms with E-state index >= 15 is 0 Å². The molecule has 1 aliphatic carbocycles. The van der Waals surface area contributed by atoms with Gasteiger partial charge < -0.3 is 5.32 Å². The average molecular weight is 194 g/mol. The zero-order chi connectivity index (χ0) is 9.60. The van der Waals surface area contributed by atoms with E-state index in [0.717, 1.165) is 12.0 Å². The molecule has 2 nitrogen and oxygen atoms in total. The zero-order valence-corrected chi connectivity index (χ0v) is 9.26. The molecule has 4 aliphatic rings. The second kappa shape index (κ2) is 3.21. The third kappa shape index (κ3) is 1.17. The highest BCUT2D eigenvalue weighted by atomic mass is 15.3. The first-order chi connectivity index (χ1) is 6.87. The first kappa shape index (κ1) is 9.17. The number of rotatable bonds is 3. The lowest BCUT2D eigenvalue weighted by molar-refractivity contribution is -0.00251. The summed E-state index contributed by atoms with van der Waals surface area (Å²) in [4.78, 5) is 2.78. The first-order valence-corrected chi connectivity index (χ1v) is 6.35. The molecule has 14 heavy (non-hydrogen) atoms. The van der Waals surface area contributed by atoms with Crippen LogP contribution in [0, 0.1) is 5.92 Å². The summed E-state index contributed by atoms with van der Waals surface area (Å²) in [6, 6.07) is 0.838. The third-order valence-electron chi connectivity index (χ3n) is 4.60. The number of hydrogen-bond donors (Lipinski definition) is 1. The molecule has 0 aromatic carbocycles. The van der Waals surface area contributed by atoms with Crippen molar-refractivity contribution in [2.24, 2.45) is 5.92 Å². The molecule has 4 rings (SSSR count). The molecule has 2 bridgehead atoms. The van der Waals surface area contributed by atoms with Crippen LogP contribution in [0.15, 0.2) is 0 Å². The normalized spacial score (nSPS) is 43.1. The van der Waals surface area contributed by atoms with Crippen molar-refractivity contribution in [3.05, 3.63) is 0 Å². The number of nitrogens with zero attached hydrogens (tertiary/aromatic N) is 1. The molecule has 3 aliphatic heterocycles. The van der Waals surface area contributed by atoms with E-state index in [2.05, 4.69) is 17.1 Å². The maximum atomic E-state index is 3.81. The zero-order valence-electron chi connectivity index (χ0n) is 9.26. The van der Waals surface area contributed by atoms with Gasteiger partial charge in [-0.25, -0.2) is 0 Å². The summed E-state index contributed by atoms with van der Waals surface area (Å²) in [5.41, 5.74) is 0.635. The largest absolute Gasteiger partial charge is 0.312 e. The van der Waals surface area contributed by atoms with Crippen molar-refractivity contribution in [1.29, 1.82) is 0 Å². The molecule has 1 saturated carbocycles. The SMILES string of the molecule is CCCNC1C2CCN(CC2)C12CC2. The summed E-state index contributed by atoms with van der Waals surface area (Å²) >= 11 is 0. The minimum Gasteiger partial charge on any atom is -0.312 e. The Kier molecular flexibility index (Phi) is 2.10. The van der Waals surface area contributed by atoms with E-state index in [1.165, 1.54) is 51.7 Å². The first-order valence-electron chi connectivity index (χ1n) is 6.35. The monoisotopic (exact) mass is 194 g/mol. The lowest BCUT2D eigenvalue weighted by Crippen LogP contribution is -2.64. The minimum absolute atomic E-state index is 0.635. The quantitative estimate of drug-likeness (QED) is 0.734. The summed E-state index contributed by atoms with van der Waals surface area (Å²) in [6.07, 6.45) is 7.10. The molecule has 3 heterocycles. The van der Waals surface area contributed by atoms with E-state index in [9.17, 15) is 0 Å². The Balaban J connectivity index is 1.74. The van der Waals surface area contributed by atoms with Crippen LogP contribution in [-0.2, 0) is 0 Å². The van der Waals surface area contributed by atoms with Crippen LogP contribution in [0.2, 0.25) is 0 Å². The lowest BCUT2D eigenvalue weighted by atomic mass is 9.77. The average Bonchev–Trinajstić information content (AvgIpc) is 3.00. The standard InChI is InChI=1S/C12H22N2/c1-2-7-13-11-10-3-8-14(9-4-10)12(11)5-6-12/h10-11,13H,2-9H2,1H3. The van der Waals surface area contributed by atoms with Crippen LogP contribution in [0.4, 0.5) is 0 Å². The van der Waals surface area contributed by atoms with Gasteiger partial charge in [-0.15, -0.1) is 0 Å². The van der Waals surface area contributed by atoms with Gasteiger partial charge in [0, 0.05) is 11.6 Å². The van der Waals surface area contributed by atoms with Crippen LogP contribution in [-0.4, -0.2) is 36.1 Å². The third-order valence-corrected chi connectivity index (χ3v) is 4.60. The van der Waals surface area contributed by atoms with Crippen LogP contribution < -0.4 is 5.32 Å². The summed E-state index contributed by atoms with van der Waals surface area (Å²) in [6.45, 7) is 6.26. The van der Waals surface area contributed by atoms with Crippen LogP contribution >= 0.6 is 0 Å². The van der Waals surface area contributed by atoms with Gasteiger partial charge in [0.1, 0.15) is 0 Å². The molecule has 0 amide bonds. The Labute approximate surface area is 87.0 Å². The highest BCUT2D eigenvalue weighted by Crippen LogP contribution is 2.53. The summed E-state index contributed by atoms with van der Waals surface area (Å²) in [5.74, 6) is 0.994. The fourth-order valence-corrected chi connectivity index (χ4v) is 3.73. The topological polar surface area (TPSA) is 15.3 Å². The maximum Gasteiger partial charge on any atom is 0.0366 e. The van der Waals surface area contributed by atoms with E-state index < -0.39 is 0 Å². The molecule has 1 unspecified atom stereocenters. The predicted octanol–water partition coefficient (Wildman–Crippen LogP) is 1.61. The van der Waals surface area contributed by atoms with Gasteiger partial charge in [-0.3, -0.25) is 4.90 Å². The number of nitrogens with one attached hydrogen (secondary N) is 1. The summed E-state index contributed by atoms with van der Waals surface area (Å²) in [5, 5.41) is 3.81. The van der Waals surface area contributed by atoms with Gasteiger partial charge in [-0.2, -0.15) is 0 Å². The second-order valence-electron chi connectivity index (χ2n) is 5.36. The van der Waals surface area contributed by atoms with Crippen LogP contribution in [0.1, 0.15) is 39.0 Å². The Morgan fingerprint density at radius 1 is 1.29 bits per heavy atom. The van der Waals surface area contributed by atoms with E-state index in [4.69, 9.17) is 0 Å². The van der Waals surface area contributed by atoms with Gasteiger partial charge in [0.2, 0.25) is 0 Å². The second-order valence-corrected chi connectivity index (χ2v) is 5.36. The van der Waals surface area contributed by atoms with Gasteiger partial charge in [-0.05, 0) is 57.7 Å². The summed E-state index contributed by atoms with van der Waals surface area (Å²) in [7, 11) is 0. The van der Waals surface area contributed by atoms with Crippen molar-refractivity contribution in [3.63, 3.8) is 0 Å². The molecule has 2 heteroatoms. The highest BCUT2D eigenvalue weighted by molar-refractivity contribution is 5.18. The molecule has 0 aromatic rings. The fourth-order valence-electron chi connectivity index (χ4n) is 3.73. The Morgan fingerprint density at radius 2 is 2.00 bits per heavy atom. The number of fused-ring (bicyclic) bond motifs is 2. The Hall–Kier alpha value is -0.0800. The summed E-state index contributed by atoms with van der Waals surface area (Å²) < 4.78 is 0. The molecule has 1 spiro atoms. The molecule has 1 atom stereocenters. The molecule has 80 valence electrons. The Bertz CT molecular complexity index is 214. The minimum atomic E-state index is 0.635. The van der Waals surface area contributed by atoms with Crippen LogP contribution in [0.3, 0.4) is 0 Å². The Morgan fingerprint density at radius 3 is 2.57 bits per heavy atom. The molecule has 4 fully saturated rings.